The van der Waals surface area contributed by atoms with Crippen LogP contribution in [0.15, 0.2) is 24.3 Å². The third-order valence-electron chi connectivity index (χ3n) is 2.46. The Labute approximate surface area is 116 Å². The highest BCUT2D eigenvalue weighted by Crippen LogP contribution is 2.12. The Bertz CT molecular complexity index is 438. The minimum Gasteiger partial charge on any atom is -0.399 e. The van der Waals surface area contributed by atoms with E-state index in [2.05, 4.69) is 5.32 Å². The largest absolute Gasteiger partial charge is 0.399 e. The first kappa shape index (κ1) is 15.7. The molecule has 0 aromatic heterocycles. The van der Waals surface area contributed by atoms with Gasteiger partial charge in [0.1, 0.15) is 0 Å². The van der Waals surface area contributed by atoms with Crippen LogP contribution in [0.2, 0.25) is 0 Å². The van der Waals surface area contributed by atoms with Crippen LogP contribution >= 0.6 is 0 Å². The van der Waals surface area contributed by atoms with Crippen LogP contribution in [0.1, 0.15) is 12.8 Å². The van der Waals surface area contributed by atoms with Crippen LogP contribution in [0, 0.1) is 0 Å². The summed E-state index contributed by atoms with van der Waals surface area (Å²) in [7, 11) is 0.668. The summed E-state index contributed by atoms with van der Waals surface area (Å²) in [6.07, 6.45) is 0.956. The number of hydrogen-bond acceptors (Lipinski definition) is 4. The van der Waals surface area contributed by atoms with Crippen LogP contribution in [0.25, 0.3) is 0 Å². The van der Waals surface area contributed by atoms with E-state index in [1.807, 2.05) is 0 Å². The number of carbonyl (C=O) groups is 1. The number of rotatable bonds is 8. The second-order valence-corrected chi connectivity index (χ2v) is 5.81. The van der Waals surface area contributed by atoms with Gasteiger partial charge in [-0.2, -0.15) is 0 Å². The van der Waals surface area contributed by atoms with Crippen LogP contribution in [0.5, 0.6) is 0 Å². The molecule has 0 fully saturated rings. The normalized spacial score (nSPS) is 12.1. The van der Waals surface area contributed by atoms with E-state index in [4.69, 9.17) is 10.5 Å². The fourth-order valence-electron chi connectivity index (χ4n) is 1.51. The smallest absolute Gasteiger partial charge is 0.224 e. The van der Waals surface area contributed by atoms with Gasteiger partial charge in [0.25, 0.3) is 0 Å². The van der Waals surface area contributed by atoms with Crippen molar-refractivity contribution in [1.29, 1.82) is 0 Å². The number of ether oxygens (including phenoxy) is 1. The highest BCUT2D eigenvalue weighted by atomic mass is 32.2. The van der Waals surface area contributed by atoms with Gasteiger partial charge in [-0.3, -0.25) is 9.00 Å². The molecule has 0 saturated heterocycles. The van der Waals surface area contributed by atoms with Crippen molar-refractivity contribution < 1.29 is 13.7 Å². The van der Waals surface area contributed by atoms with Gasteiger partial charge >= 0.3 is 0 Å². The number of nitrogens with two attached hydrogens (primary N) is 1. The third kappa shape index (κ3) is 6.93. The third-order valence-corrected chi connectivity index (χ3v) is 3.83. The van der Waals surface area contributed by atoms with Crippen LogP contribution in [0.4, 0.5) is 11.4 Å². The zero-order chi connectivity index (χ0) is 14.1. The van der Waals surface area contributed by atoms with Gasteiger partial charge in [-0.1, -0.05) is 6.07 Å². The van der Waals surface area contributed by atoms with Gasteiger partial charge in [0.05, 0.1) is 6.61 Å². The summed E-state index contributed by atoms with van der Waals surface area (Å²) in [5, 5.41) is 2.76. The molecule has 5 nitrogen and oxygen atoms in total. The lowest BCUT2D eigenvalue weighted by molar-refractivity contribution is -0.116. The molecule has 1 amide bonds. The van der Waals surface area contributed by atoms with E-state index in [1.54, 1.807) is 31.4 Å². The van der Waals surface area contributed by atoms with Crippen molar-refractivity contribution in [3.63, 3.8) is 0 Å². The van der Waals surface area contributed by atoms with E-state index < -0.39 is 10.8 Å². The minimum absolute atomic E-state index is 0.0886. The molecule has 0 saturated carbocycles. The quantitative estimate of drug-likeness (QED) is 0.707. The maximum atomic E-state index is 11.6. The van der Waals surface area contributed by atoms with E-state index in [0.29, 0.717) is 42.3 Å². The summed E-state index contributed by atoms with van der Waals surface area (Å²) in [6.45, 7) is 0.488. The van der Waals surface area contributed by atoms with Gasteiger partial charge in [-0.05, 0) is 24.6 Å². The Morgan fingerprint density at radius 2 is 2.21 bits per heavy atom. The highest BCUT2D eigenvalue weighted by molar-refractivity contribution is 7.84. The molecule has 0 spiro atoms. The van der Waals surface area contributed by atoms with Gasteiger partial charge in [-0.15, -0.1) is 0 Å². The first-order valence-electron chi connectivity index (χ1n) is 6.11. The van der Waals surface area contributed by atoms with Crippen LogP contribution < -0.4 is 11.1 Å². The molecule has 6 heteroatoms. The second kappa shape index (κ2) is 8.66. The number of anilines is 2. The van der Waals surface area contributed by atoms with Gasteiger partial charge in [-0.25, -0.2) is 0 Å². The van der Waals surface area contributed by atoms with Gasteiger partial charge in [0.2, 0.25) is 5.91 Å². The maximum absolute atomic E-state index is 11.6. The van der Waals surface area contributed by atoms with Crippen molar-refractivity contribution in [3.8, 4) is 0 Å². The number of methoxy groups -OCH3 is 1. The molecule has 1 rings (SSSR count). The van der Waals surface area contributed by atoms with Crippen molar-refractivity contribution in [2.45, 2.75) is 12.8 Å². The predicted molar refractivity (Wildman–Crippen MR) is 78.5 cm³/mol. The summed E-state index contributed by atoms with van der Waals surface area (Å²) in [4.78, 5) is 11.6. The van der Waals surface area contributed by atoms with Crippen LogP contribution in [-0.2, 0) is 20.3 Å². The molecule has 1 aromatic rings. The summed E-state index contributed by atoms with van der Waals surface area (Å²) in [6, 6.07) is 7.03. The fourth-order valence-corrected chi connectivity index (χ4v) is 2.53. The molecular formula is C13H20N2O3S. The standard InChI is InChI=1S/C13H20N2O3S/c1-18-7-9-19(17)8-3-6-13(16)15-12-5-2-4-11(14)10-12/h2,4-5,10H,3,6-9,14H2,1H3,(H,15,16). The van der Waals surface area contributed by atoms with Crippen LogP contribution in [-0.4, -0.2) is 35.3 Å². The molecule has 0 radical (unpaired) electrons. The molecule has 0 aliphatic heterocycles. The van der Waals surface area contributed by atoms with Crippen LogP contribution in [0.3, 0.4) is 0 Å². The number of nitrogen functional groups attached to an aromatic ring is 1. The molecule has 1 atom stereocenters. The van der Waals surface area contributed by atoms with E-state index in [9.17, 15) is 9.00 Å². The molecule has 3 N–H and O–H groups in total. The van der Waals surface area contributed by atoms with E-state index in [-0.39, 0.29) is 5.91 Å². The Morgan fingerprint density at radius 1 is 1.42 bits per heavy atom. The number of nitrogens with one attached hydrogen (secondary N) is 1. The van der Waals surface area contributed by atoms with Crippen molar-refractivity contribution in [2.24, 2.45) is 0 Å². The topological polar surface area (TPSA) is 81.4 Å². The minimum atomic E-state index is -0.911. The first-order valence-corrected chi connectivity index (χ1v) is 7.60. The maximum Gasteiger partial charge on any atom is 0.224 e. The summed E-state index contributed by atoms with van der Waals surface area (Å²) < 4.78 is 16.3. The predicted octanol–water partition coefficient (Wildman–Crippen LogP) is 1.38. The molecule has 0 aliphatic carbocycles. The van der Waals surface area contributed by atoms with Crippen molar-refractivity contribution in [1.82, 2.24) is 0 Å². The van der Waals surface area contributed by atoms with Gasteiger partial charge in [0.15, 0.2) is 0 Å². The average molecular weight is 284 g/mol. The molecule has 1 unspecified atom stereocenters. The molecule has 1 aromatic carbocycles. The Balaban J connectivity index is 2.23. The number of amides is 1. The fraction of sp³-hybridized carbons (Fsp3) is 0.462. The number of benzene rings is 1. The molecule has 0 aliphatic rings. The lowest BCUT2D eigenvalue weighted by Crippen LogP contribution is -2.14. The van der Waals surface area contributed by atoms with E-state index in [0.717, 1.165) is 0 Å². The monoisotopic (exact) mass is 284 g/mol. The molecule has 0 bridgehead atoms. The Hall–Kier alpha value is -1.40. The molecule has 0 heterocycles. The van der Waals surface area contributed by atoms with Crippen molar-refractivity contribution >= 4 is 28.1 Å². The molecule has 19 heavy (non-hydrogen) atoms. The number of hydrogen-bond donors (Lipinski definition) is 2. The van der Waals surface area contributed by atoms with E-state index >= 15 is 0 Å². The average Bonchev–Trinajstić information content (AvgIpc) is 2.36. The SMILES string of the molecule is COCCS(=O)CCCC(=O)Nc1cccc(N)c1. The summed E-state index contributed by atoms with van der Waals surface area (Å²) >= 11 is 0. The van der Waals surface area contributed by atoms with Gasteiger partial charge in [0, 0.05) is 47.2 Å². The zero-order valence-corrected chi connectivity index (χ0v) is 11.9. The van der Waals surface area contributed by atoms with Crippen molar-refractivity contribution in [2.75, 3.05) is 36.3 Å². The Kier molecular flexibility index (Phi) is 7.14. The summed E-state index contributed by atoms with van der Waals surface area (Å²) in [5.41, 5.74) is 6.91. The Morgan fingerprint density at radius 3 is 2.89 bits per heavy atom. The lowest BCUT2D eigenvalue weighted by Gasteiger charge is -2.06. The van der Waals surface area contributed by atoms with E-state index in [1.165, 1.54) is 0 Å². The molecule has 106 valence electrons. The number of carbonyl (C=O) groups excluding carboxylic acids is 1. The zero-order valence-electron chi connectivity index (χ0n) is 11.1. The highest BCUT2D eigenvalue weighted by Gasteiger charge is 2.05. The summed E-state index contributed by atoms with van der Waals surface area (Å²) in [5.74, 6) is 0.954. The first-order chi connectivity index (χ1) is 9.11. The van der Waals surface area contributed by atoms with Gasteiger partial charge < -0.3 is 15.8 Å². The van der Waals surface area contributed by atoms with Crippen molar-refractivity contribution in [3.05, 3.63) is 24.3 Å². The second-order valence-electron chi connectivity index (χ2n) is 4.12. The lowest BCUT2D eigenvalue weighted by atomic mass is 10.2. The molecular weight excluding hydrogens is 264 g/mol.